The van der Waals surface area contributed by atoms with Crippen molar-refractivity contribution < 1.29 is 123 Å². The molecule has 0 N–H and O–H groups in total. The van der Waals surface area contributed by atoms with Crippen LogP contribution in [0.4, 0.5) is 52.7 Å². The first kappa shape index (κ1) is 69.9. The first-order chi connectivity index (χ1) is 36.0. The largest absolute Gasteiger partial charge is 0.741 e. The van der Waals surface area contributed by atoms with E-state index in [-0.39, 0.29) is 10.8 Å². The van der Waals surface area contributed by atoms with Gasteiger partial charge < -0.3 is 18.2 Å². The van der Waals surface area contributed by atoms with Gasteiger partial charge in [-0.05, 0) is 44.2 Å². The number of pyridine rings is 4. The normalized spacial score (nSPS) is 12.7. The minimum atomic E-state index is -6.09. The molecule has 0 unspecified atom stereocenters. The first-order valence-electron chi connectivity index (χ1n) is 22.2. The van der Waals surface area contributed by atoms with Crippen molar-refractivity contribution in [1.29, 1.82) is 0 Å². The molecule has 0 saturated heterocycles. The molecular formula is C48H50F12N4O12S4. The van der Waals surface area contributed by atoms with Crippen LogP contribution < -0.4 is 18.3 Å². The second-order valence-electron chi connectivity index (χ2n) is 18.7. The fraction of sp³-hybridized carbons (Fsp3) is 0.333. The minimum absolute atomic E-state index is 0.181. The van der Waals surface area contributed by atoms with Crippen LogP contribution in [-0.2, 0) is 77.5 Å². The number of alkyl halides is 12. The summed E-state index contributed by atoms with van der Waals surface area (Å²) >= 11 is 0. The Bertz CT molecular complexity index is 3080. The van der Waals surface area contributed by atoms with Gasteiger partial charge in [0.1, 0.15) is 0 Å². The van der Waals surface area contributed by atoms with E-state index in [1.807, 2.05) is 0 Å². The topological polar surface area (TPSA) is 244 Å². The smallest absolute Gasteiger partial charge is 0.485 e. The maximum atomic E-state index is 10.7. The van der Waals surface area contributed by atoms with Gasteiger partial charge in [0.15, 0.2) is 103 Å². The summed E-state index contributed by atoms with van der Waals surface area (Å²) in [6, 6.07) is 35.7. The van der Waals surface area contributed by atoms with Gasteiger partial charge in [-0.25, -0.2) is 42.8 Å². The Morgan fingerprint density at radius 1 is 0.312 bits per heavy atom. The van der Waals surface area contributed by atoms with Crippen LogP contribution in [0.15, 0.2) is 147 Å². The number of halogens is 12. The van der Waals surface area contributed by atoms with E-state index in [1.54, 1.807) is 0 Å². The van der Waals surface area contributed by atoms with Crippen molar-refractivity contribution in [3.63, 3.8) is 0 Å². The Labute approximate surface area is 453 Å². The zero-order chi connectivity index (χ0) is 61.7. The van der Waals surface area contributed by atoms with E-state index in [0.29, 0.717) is 0 Å². The average molecular weight is 1230 g/mol. The maximum absolute atomic E-state index is 10.7. The predicted molar refractivity (Wildman–Crippen MR) is 256 cm³/mol. The second kappa shape index (κ2) is 27.1. The molecule has 0 aliphatic heterocycles. The van der Waals surface area contributed by atoms with Crippen LogP contribution in [0.2, 0.25) is 0 Å². The molecular weight excluding hydrogens is 1180 g/mol. The van der Waals surface area contributed by atoms with Gasteiger partial charge >= 0.3 is 22.0 Å². The van der Waals surface area contributed by atoms with Crippen molar-refractivity contribution >= 4 is 40.5 Å². The molecule has 4 aromatic heterocycles. The van der Waals surface area contributed by atoms with Crippen molar-refractivity contribution in [3.05, 3.63) is 169 Å². The Hall–Kier alpha value is -6.16. The highest BCUT2D eigenvalue weighted by atomic mass is 32.2. The summed E-state index contributed by atoms with van der Waals surface area (Å²) in [5.74, 6) is 0. The molecule has 0 radical (unpaired) electrons. The third-order valence-corrected chi connectivity index (χ3v) is 12.6. The van der Waals surface area contributed by atoms with E-state index in [0.717, 1.165) is 26.2 Å². The Morgan fingerprint density at radius 3 is 0.625 bits per heavy atom. The summed E-state index contributed by atoms with van der Waals surface area (Å²) in [5, 5.41) is 0. The lowest BCUT2D eigenvalue weighted by Gasteiger charge is -2.18. The highest BCUT2D eigenvalue weighted by Crippen LogP contribution is 2.26. The fourth-order valence-electron chi connectivity index (χ4n) is 5.98. The Kier molecular flexibility index (Phi) is 23.7. The van der Waals surface area contributed by atoms with Gasteiger partial charge in [-0.15, -0.1) is 0 Å². The summed E-state index contributed by atoms with van der Waals surface area (Å²) in [7, 11) is -24.4. The minimum Gasteiger partial charge on any atom is -0.741 e. The van der Waals surface area contributed by atoms with Gasteiger partial charge in [0.05, 0.1) is 0 Å². The average Bonchev–Trinajstić information content (AvgIpc) is 3.30. The van der Waals surface area contributed by atoms with Crippen molar-refractivity contribution in [3.8, 4) is 22.3 Å². The van der Waals surface area contributed by atoms with Gasteiger partial charge in [0, 0.05) is 59.7 Å². The van der Waals surface area contributed by atoms with Crippen LogP contribution in [-0.4, -0.2) is 73.9 Å². The Morgan fingerprint density at radius 2 is 0.475 bits per heavy atom. The molecule has 0 aliphatic rings. The predicted octanol–water partition coefficient (Wildman–Crippen LogP) is 7.77. The number of benzene rings is 2. The lowest BCUT2D eigenvalue weighted by atomic mass is 9.87. The van der Waals surface area contributed by atoms with Crippen LogP contribution in [0.3, 0.4) is 0 Å². The van der Waals surface area contributed by atoms with E-state index in [9.17, 15) is 52.7 Å². The molecule has 0 saturated carbocycles. The third-order valence-electron chi connectivity index (χ3n) is 10.4. The first-order valence-corrected chi connectivity index (χ1v) is 27.9. The molecule has 0 fully saturated rings. The molecule has 2 aromatic carbocycles. The fourth-order valence-corrected chi connectivity index (χ4v) is 5.98. The molecule has 6 rings (SSSR count). The van der Waals surface area contributed by atoms with Gasteiger partial charge in [0.25, 0.3) is 0 Å². The third kappa shape index (κ3) is 23.9. The van der Waals surface area contributed by atoms with Crippen LogP contribution >= 0.6 is 0 Å². The molecule has 0 atom stereocenters. The number of hydrogen-bond donors (Lipinski definition) is 0. The number of aryl methyl sites for hydroxylation is 2. The number of nitrogens with zero attached hydrogens (tertiary/aromatic N) is 4. The molecule has 32 heteroatoms. The number of rotatable bonds is 9. The Balaban J connectivity index is 0.000000552. The molecule has 0 spiro atoms. The van der Waals surface area contributed by atoms with Gasteiger partial charge in [0.2, 0.25) is 13.1 Å². The lowest BCUT2D eigenvalue weighted by molar-refractivity contribution is -0.778. The zero-order valence-electron chi connectivity index (χ0n) is 42.5. The van der Waals surface area contributed by atoms with Crippen molar-refractivity contribution in [2.24, 2.45) is 0 Å². The van der Waals surface area contributed by atoms with Crippen molar-refractivity contribution in [2.75, 3.05) is 0 Å². The van der Waals surface area contributed by atoms with Crippen LogP contribution in [0.25, 0.3) is 22.3 Å². The highest BCUT2D eigenvalue weighted by molar-refractivity contribution is 7.87. The summed E-state index contributed by atoms with van der Waals surface area (Å²) < 4.78 is 245. The molecule has 16 nitrogen and oxygen atoms in total. The molecule has 0 aliphatic carbocycles. The van der Waals surface area contributed by atoms with Gasteiger partial charge in [-0.2, -0.15) is 61.8 Å². The lowest BCUT2D eigenvalue weighted by Crippen LogP contribution is -2.43. The van der Waals surface area contributed by atoms with Crippen LogP contribution in [0, 0.1) is 0 Å². The second-order valence-corrected chi connectivity index (χ2v) is 24.1. The standard InChI is InChI=1S/C44H50N4.4CHF3O3S/c1-43(2,3)41-11-7-35(8-12-41)33-47-27-19-39(20-28-47)37-15-23-45(24-16-37)31-32-46-25-17-38(18-26-46)40-21-29-48(30-22-40)34-36-9-13-42(14-10-36)44(4,5)6;4*2-1(3,4)8(5,6)7/h7-30H,31-34H2,1-6H3;4*(H,5,6,7)/q+4;;;;/p-4. The van der Waals surface area contributed by atoms with E-state index < -0.39 is 62.5 Å². The van der Waals surface area contributed by atoms with E-state index >= 15 is 0 Å². The highest BCUT2D eigenvalue weighted by Gasteiger charge is 2.39. The molecule has 0 bridgehead atoms. The molecule has 4 heterocycles. The summed E-state index contributed by atoms with van der Waals surface area (Å²) in [6.07, 6.45) is 17.4. The quantitative estimate of drug-likeness (QED) is 0.0583. The molecule has 0 amide bonds. The summed E-state index contributed by atoms with van der Waals surface area (Å²) in [4.78, 5) is 0. The number of hydrogen-bond acceptors (Lipinski definition) is 12. The molecule has 80 heavy (non-hydrogen) atoms. The SMILES string of the molecule is CC(C)(C)c1ccc(C[n+]2ccc(-c3cc[n+](CC[n+]4ccc(-c5cc[n+](Cc6ccc(C(C)(C)C)cc6)cc5)cc4)cc3)cc2)cc1.O=S(=O)([O-])C(F)(F)F.O=S(=O)([O-])C(F)(F)F.O=S(=O)([O-])C(F)(F)F.O=S(=O)([O-])C(F)(F)F. The molecule has 442 valence electrons. The zero-order valence-corrected chi connectivity index (χ0v) is 45.8. The summed E-state index contributed by atoms with van der Waals surface area (Å²) in [5.41, 5.74) is -11.9. The molecule has 6 aromatic rings. The maximum Gasteiger partial charge on any atom is 0.485 e. The van der Waals surface area contributed by atoms with E-state index in [1.165, 1.54) is 44.5 Å². The monoisotopic (exact) mass is 1230 g/mol. The van der Waals surface area contributed by atoms with Crippen molar-refractivity contribution in [1.82, 2.24) is 0 Å². The van der Waals surface area contributed by atoms with E-state index in [4.69, 9.17) is 51.9 Å². The van der Waals surface area contributed by atoms with Gasteiger partial charge in [-0.3, -0.25) is 0 Å². The number of aromatic nitrogens is 4. The van der Waals surface area contributed by atoms with Crippen LogP contribution in [0.5, 0.6) is 0 Å². The van der Waals surface area contributed by atoms with E-state index in [2.05, 4.69) is 206 Å². The van der Waals surface area contributed by atoms with Crippen molar-refractivity contribution in [2.45, 2.75) is 101 Å². The summed E-state index contributed by atoms with van der Waals surface area (Å²) in [6.45, 7) is 17.1. The van der Waals surface area contributed by atoms with Crippen LogP contribution in [0.1, 0.15) is 63.8 Å². The van der Waals surface area contributed by atoms with Gasteiger partial charge in [-0.1, -0.05) is 90.1 Å².